The summed E-state index contributed by atoms with van der Waals surface area (Å²) in [5.74, 6) is 6.74. The van der Waals surface area contributed by atoms with Crippen LogP contribution in [0, 0.1) is 23.2 Å². The lowest BCUT2D eigenvalue weighted by atomic mass is 10.0. The Morgan fingerprint density at radius 1 is 1.31 bits per heavy atom. The molecule has 0 bridgehead atoms. The quantitative estimate of drug-likeness (QED) is 0.183. The Morgan fingerprint density at radius 3 is 2.74 bits per heavy atom. The average Bonchev–Trinajstić information content (AvgIpc) is 3.76. The van der Waals surface area contributed by atoms with E-state index in [0.717, 1.165) is 12.0 Å². The summed E-state index contributed by atoms with van der Waals surface area (Å²) in [7, 11) is 0. The number of carbonyl (C=O) groups is 1. The minimum Gasteiger partial charge on any atom is -0.477 e. The Kier molecular flexibility index (Phi) is 8.56. The highest BCUT2D eigenvalue weighted by Gasteiger charge is 2.49. The molecule has 1 heterocycles. The highest BCUT2D eigenvalue weighted by molar-refractivity contribution is 6.29. The molecule has 35 heavy (non-hydrogen) atoms. The number of hydrogen-bond acceptors (Lipinski definition) is 5. The first-order valence-corrected chi connectivity index (χ1v) is 12.8. The number of aliphatic hydroxyl groups is 1. The molecule has 0 aliphatic heterocycles. The van der Waals surface area contributed by atoms with Crippen LogP contribution in [0.3, 0.4) is 0 Å². The summed E-state index contributed by atoms with van der Waals surface area (Å²) in [6.07, 6.45) is 2.89. The molecule has 0 saturated heterocycles. The van der Waals surface area contributed by atoms with Gasteiger partial charge in [0.2, 0.25) is 5.88 Å². The van der Waals surface area contributed by atoms with Crippen LogP contribution < -0.4 is 15.4 Å². The molecule has 0 spiro atoms. The number of pyridine rings is 1. The number of alkyl halides is 1. The molecule has 6 nitrogen and oxygen atoms in total. The highest BCUT2D eigenvalue weighted by Crippen LogP contribution is 2.49. The van der Waals surface area contributed by atoms with Crippen molar-refractivity contribution in [3.05, 3.63) is 58.7 Å². The minimum absolute atomic E-state index is 0.0815. The molecule has 4 rings (SSSR count). The number of nitrogens with one attached hydrogen (secondary N) is 2. The van der Waals surface area contributed by atoms with Crippen LogP contribution in [0.4, 0.5) is 0 Å². The van der Waals surface area contributed by atoms with Crippen LogP contribution in [0.5, 0.6) is 5.88 Å². The third-order valence-corrected chi connectivity index (χ3v) is 7.23. The van der Waals surface area contributed by atoms with E-state index >= 15 is 0 Å². The van der Waals surface area contributed by atoms with Crippen molar-refractivity contribution >= 4 is 29.1 Å². The second-order valence-electron chi connectivity index (χ2n) is 9.69. The van der Waals surface area contributed by atoms with Gasteiger partial charge in [-0.3, -0.25) is 4.79 Å². The normalized spacial score (nSPS) is 22.5. The van der Waals surface area contributed by atoms with Crippen LogP contribution in [-0.4, -0.2) is 53.2 Å². The van der Waals surface area contributed by atoms with Gasteiger partial charge in [-0.05, 0) is 37.3 Å². The van der Waals surface area contributed by atoms with E-state index < -0.39 is 12.1 Å². The lowest BCUT2D eigenvalue weighted by Gasteiger charge is -2.25. The topological polar surface area (TPSA) is 83.5 Å². The number of rotatable bonds is 11. The molecule has 0 unspecified atom stereocenters. The summed E-state index contributed by atoms with van der Waals surface area (Å²) < 4.78 is 5.79. The van der Waals surface area contributed by atoms with Gasteiger partial charge in [0.25, 0.3) is 5.91 Å². The molecule has 2 aliphatic carbocycles. The Morgan fingerprint density at radius 2 is 2.06 bits per heavy atom. The van der Waals surface area contributed by atoms with Gasteiger partial charge in [0, 0.05) is 34.9 Å². The van der Waals surface area contributed by atoms with E-state index in [1.165, 1.54) is 18.9 Å². The predicted octanol–water partition coefficient (Wildman–Crippen LogP) is 3.84. The van der Waals surface area contributed by atoms with Gasteiger partial charge in [-0.15, -0.1) is 11.6 Å². The standard InChI is InChI=1S/C27H31Cl2N3O3/c1-27(15-23(27)28)17-35-25-14-20(13-24(29)32-25)26(34)31-21(12-19-6-3-2-4-7-19)22(33)16-30-11-5-8-18-9-10-18/h2-4,6-7,13-14,18,21-23,30,33H,9-12,15-17H2,1H3,(H,31,34)/t21-,22+,23-,27+/m0/s1. The summed E-state index contributed by atoms with van der Waals surface area (Å²) in [5.41, 5.74) is 1.24. The van der Waals surface area contributed by atoms with E-state index in [1.54, 1.807) is 6.07 Å². The molecule has 4 atom stereocenters. The van der Waals surface area contributed by atoms with Crippen LogP contribution in [-0.2, 0) is 6.42 Å². The molecule has 1 amide bonds. The largest absolute Gasteiger partial charge is 0.477 e. The molecule has 2 fully saturated rings. The number of halogens is 2. The summed E-state index contributed by atoms with van der Waals surface area (Å²) in [6, 6.07) is 12.3. The molecular weight excluding hydrogens is 485 g/mol. The number of aromatic nitrogens is 1. The van der Waals surface area contributed by atoms with Crippen molar-refractivity contribution in [3.8, 4) is 17.7 Å². The molecule has 2 aliphatic rings. The second-order valence-corrected chi connectivity index (χ2v) is 10.6. The van der Waals surface area contributed by atoms with Crippen molar-refractivity contribution in [2.24, 2.45) is 11.3 Å². The van der Waals surface area contributed by atoms with Gasteiger partial charge in [0.05, 0.1) is 25.3 Å². The first-order valence-electron chi connectivity index (χ1n) is 12.0. The number of benzene rings is 1. The van der Waals surface area contributed by atoms with E-state index in [2.05, 4.69) is 27.5 Å². The number of nitrogens with zero attached hydrogens (tertiary/aromatic N) is 1. The van der Waals surface area contributed by atoms with Gasteiger partial charge in [-0.1, -0.05) is 60.7 Å². The lowest BCUT2D eigenvalue weighted by molar-refractivity contribution is 0.0832. The number of aliphatic hydroxyl groups excluding tert-OH is 1. The Balaban J connectivity index is 1.40. The number of amides is 1. The van der Waals surface area contributed by atoms with Crippen LogP contribution in [0.1, 0.15) is 42.1 Å². The van der Waals surface area contributed by atoms with E-state index in [-0.39, 0.29) is 27.7 Å². The summed E-state index contributed by atoms with van der Waals surface area (Å²) in [5, 5.41) is 17.3. The summed E-state index contributed by atoms with van der Waals surface area (Å²) in [4.78, 5) is 17.3. The fraction of sp³-hybridized carbons (Fsp3) is 0.481. The Bertz CT molecular complexity index is 1080. The molecule has 8 heteroatoms. The van der Waals surface area contributed by atoms with Crippen LogP contribution >= 0.6 is 23.2 Å². The van der Waals surface area contributed by atoms with Crippen LogP contribution in [0.25, 0.3) is 0 Å². The SMILES string of the molecule is C[C@]1(COc2cc(C(=O)N[C@@H](Cc3ccccc3)[C@H](O)CNCC#CC3CC3)cc(Cl)n2)C[C@@H]1Cl. The number of hydrogen-bond donors (Lipinski definition) is 3. The highest BCUT2D eigenvalue weighted by atomic mass is 35.5. The third-order valence-electron chi connectivity index (χ3n) is 6.35. The van der Waals surface area contributed by atoms with E-state index in [0.29, 0.717) is 37.6 Å². The van der Waals surface area contributed by atoms with Crippen molar-refractivity contribution in [2.75, 3.05) is 19.7 Å². The summed E-state index contributed by atoms with van der Waals surface area (Å²) >= 11 is 12.3. The van der Waals surface area contributed by atoms with Crippen molar-refractivity contribution in [3.63, 3.8) is 0 Å². The molecular formula is C27H31Cl2N3O3. The van der Waals surface area contributed by atoms with Gasteiger partial charge < -0.3 is 20.5 Å². The zero-order chi connectivity index (χ0) is 24.8. The van der Waals surface area contributed by atoms with Crippen molar-refractivity contribution in [1.29, 1.82) is 0 Å². The predicted molar refractivity (Wildman–Crippen MR) is 138 cm³/mol. The molecule has 186 valence electrons. The number of ether oxygens (including phenoxy) is 1. The fourth-order valence-electron chi connectivity index (χ4n) is 3.67. The maximum absolute atomic E-state index is 13.1. The molecule has 1 aromatic carbocycles. The van der Waals surface area contributed by atoms with E-state index in [1.807, 2.05) is 37.3 Å². The molecule has 1 aromatic heterocycles. The van der Waals surface area contributed by atoms with E-state index in [9.17, 15) is 9.90 Å². The van der Waals surface area contributed by atoms with E-state index in [4.69, 9.17) is 27.9 Å². The Labute approximate surface area is 216 Å². The van der Waals surface area contributed by atoms with Crippen molar-refractivity contribution in [1.82, 2.24) is 15.6 Å². The summed E-state index contributed by atoms with van der Waals surface area (Å²) in [6.45, 7) is 3.26. The average molecular weight is 516 g/mol. The van der Waals surface area contributed by atoms with Gasteiger partial charge in [0.15, 0.2) is 0 Å². The van der Waals surface area contributed by atoms with Gasteiger partial charge in [-0.2, -0.15) is 0 Å². The fourth-order valence-corrected chi connectivity index (χ4v) is 4.28. The lowest BCUT2D eigenvalue weighted by Crippen LogP contribution is -2.48. The van der Waals surface area contributed by atoms with Gasteiger partial charge in [0.1, 0.15) is 5.15 Å². The van der Waals surface area contributed by atoms with Crippen molar-refractivity contribution < 1.29 is 14.6 Å². The first kappa shape index (κ1) is 25.8. The van der Waals surface area contributed by atoms with Crippen LogP contribution in [0.15, 0.2) is 42.5 Å². The molecule has 0 radical (unpaired) electrons. The van der Waals surface area contributed by atoms with Crippen molar-refractivity contribution in [2.45, 2.75) is 50.1 Å². The number of carbonyl (C=O) groups excluding carboxylic acids is 1. The zero-order valence-corrected chi connectivity index (χ0v) is 21.3. The zero-order valence-electron chi connectivity index (χ0n) is 19.8. The maximum Gasteiger partial charge on any atom is 0.251 e. The first-order chi connectivity index (χ1) is 16.8. The van der Waals surface area contributed by atoms with Gasteiger partial charge in [-0.25, -0.2) is 4.98 Å². The molecule has 2 saturated carbocycles. The molecule has 2 aromatic rings. The van der Waals surface area contributed by atoms with Crippen LogP contribution in [0.2, 0.25) is 5.15 Å². The second kappa shape index (κ2) is 11.6. The Hall–Kier alpha value is -2.30. The molecule has 3 N–H and O–H groups in total. The van der Waals surface area contributed by atoms with Gasteiger partial charge >= 0.3 is 0 Å². The maximum atomic E-state index is 13.1. The minimum atomic E-state index is -0.814. The monoisotopic (exact) mass is 515 g/mol. The third kappa shape index (κ3) is 7.85. The smallest absolute Gasteiger partial charge is 0.251 e.